The molecular weight excluding hydrogens is 214 g/mol. The number of thiazole rings is 1. The second kappa shape index (κ2) is 4.05. The molecule has 0 bridgehead atoms. The van der Waals surface area contributed by atoms with E-state index in [9.17, 15) is 9.90 Å². The molecule has 2 N–H and O–H groups in total. The molecule has 2 rings (SSSR count). The van der Waals surface area contributed by atoms with Crippen molar-refractivity contribution in [1.29, 1.82) is 0 Å². The van der Waals surface area contributed by atoms with Gasteiger partial charge in [-0.2, -0.15) is 0 Å². The molecule has 0 aliphatic rings. The lowest BCUT2D eigenvalue weighted by Crippen LogP contribution is -2.12. The first-order valence-corrected chi connectivity index (χ1v) is 5.00. The zero-order valence-corrected chi connectivity index (χ0v) is 8.36. The second-order valence-corrected chi connectivity index (χ2v) is 3.56. The van der Waals surface area contributed by atoms with Crippen molar-refractivity contribution >= 4 is 23.1 Å². The van der Waals surface area contributed by atoms with Crippen molar-refractivity contribution in [3.63, 3.8) is 0 Å². The summed E-state index contributed by atoms with van der Waals surface area (Å²) >= 11 is 1.22. The molecule has 2 heterocycles. The summed E-state index contributed by atoms with van der Waals surface area (Å²) in [6.07, 6.45) is 3.02. The molecule has 6 heteroatoms. The molecule has 0 spiro atoms. The smallest absolute Gasteiger partial charge is 0.285 e. The Morgan fingerprint density at radius 2 is 2.27 bits per heavy atom. The van der Waals surface area contributed by atoms with E-state index in [4.69, 9.17) is 0 Å². The fourth-order valence-corrected chi connectivity index (χ4v) is 1.52. The van der Waals surface area contributed by atoms with E-state index >= 15 is 0 Å². The van der Waals surface area contributed by atoms with Gasteiger partial charge in [-0.05, 0) is 12.1 Å². The van der Waals surface area contributed by atoms with Gasteiger partial charge in [0.25, 0.3) is 5.91 Å². The van der Waals surface area contributed by atoms with Crippen molar-refractivity contribution in [1.82, 2.24) is 9.97 Å². The quantitative estimate of drug-likeness (QED) is 0.805. The molecule has 2 aromatic heterocycles. The van der Waals surface area contributed by atoms with Crippen LogP contribution in [0.15, 0.2) is 29.9 Å². The lowest BCUT2D eigenvalue weighted by molar-refractivity contribution is 0.102. The average molecular weight is 221 g/mol. The highest BCUT2D eigenvalue weighted by molar-refractivity contribution is 7.11. The number of hydrogen-bond donors (Lipinski definition) is 2. The summed E-state index contributed by atoms with van der Waals surface area (Å²) in [7, 11) is 0. The van der Waals surface area contributed by atoms with E-state index in [1.165, 1.54) is 29.8 Å². The number of aromatic hydroxyl groups is 1. The highest BCUT2D eigenvalue weighted by atomic mass is 32.1. The van der Waals surface area contributed by atoms with Crippen LogP contribution in [-0.2, 0) is 0 Å². The summed E-state index contributed by atoms with van der Waals surface area (Å²) in [5, 5.41) is 13.9. The van der Waals surface area contributed by atoms with Gasteiger partial charge in [-0.1, -0.05) is 0 Å². The predicted molar refractivity (Wildman–Crippen MR) is 56.0 cm³/mol. The Bertz CT molecular complexity index is 470. The van der Waals surface area contributed by atoms with Crippen molar-refractivity contribution in [3.05, 3.63) is 34.9 Å². The van der Waals surface area contributed by atoms with Gasteiger partial charge in [0.15, 0.2) is 16.6 Å². The van der Waals surface area contributed by atoms with Crippen LogP contribution < -0.4 is 5.32 Å². The highest BCUT2D eigenvalue weighted by Crippen LogP contribution is 2.19. The summed E-state index contributed by atoms with van der Waals surface area (Å²) in [6, 6.07) is 3.03. The number of carbonyl (C=O) groups is 1. The molecular formula is C9H7N3O2S. The van der Waals surface area contributed by atoms with E-state index in [0.29, 0.717) is 5.01 Å². The van der Waals surface area contributed by atoms with E-state index in [2.05, 4.69) is 15.3 Å². The van der Waals surface area contributed by atoms with Crippen LogP contribution in [0.25, 0.3) is 0 Å². The monoisotopic (exact) mass is 221 g/mol. The SMILES string of the molecule is O=C(Nc1ncccc1O)c1nccs1. The maximum atomic E-state index is 11.5. The van der Waals surface area contributed by atoms with Crippen molar-refractivity contribution in [2.45, 2.75) is 0 Å². The van der Waals surface area contributed by atoms with E-state index < -0.39 is 0 Å². The predicted octanol–water partition coefficient (Wildman–Crippen LogP) is 1.50. The minimum atomic E-state index is -0.376. The summed E-state index contributed by atoms with van der Waals surface area (Å²) < 4.78 is 0. The summed E-state index contributed by atoms with van der Waals surface area (Å²) in [5.41, 5.74) is 0. The van der Waals surface area contributed by atoms with Crippen LogP contribution in [0.1, 0.15) is 9.80 Å². The molecule has 0 radical (unpaired) electrons. The average Bonchev–Trinajstić information content (AvgIpc) is 2.74. The van der Waals surface area contributed by atoms with Gasteiger partial charge in [0.2, 0.25) is 0 Å². The minimum Gasteiger partial charge on any atom is -0.504 e. The highest BCUT2D eigenvalue weighted by Gasteiger charge is 2.11. The van der Waals surface area contributed by atoms with E-state index in [1.807, 2.05) is 0 Å². The van der Waals surface area contributed by atoms with Crippen molar-refractivity contribution < 1.29 is 9.90 Å². The standard InChI is InChI=1S/C9H7N3O2S/c13-6-2-1-3-10-7(6)12-8(14)9-11-4-5-15-9/h1-5,13H,(H,10,12,14). The summed E-state index contributed by atoms with van der Waals surface area (Å²) in [4.78, 5) is 19.2. The van der Waals surface area contributed by atoms with Crippen LogP contribution in [-0.4, -0.2) is 21.0 Å². The van der Waals surface area contributed by atoms with Crippen molar-refractivity contribution in [2.24, 2.45) is 0 Å². The topological polar surface area (TPSA) is 75.1 Å². The number of nitrogens with zero attached hydrogens (tertiary/aromatic N) is 2. The Morgan fingerprint density at radius 3 is 2.93 bits per heavy atom. The molecule has 1 amide bonds. The third-order valence-electron chi connectivity index (χ3n) is 1.64. The lowest BCUT2D eigenvalue weighted by Gasteiger charge is -2.02. The fourth-order valence-electron chi connectivity index (χ4n) is 0.990. The number of anilines is 1. The molecule has 0 fully saturated rings. The van der Waals surface area contributed by atoms with E-state index in [0.717, 1.165) is 0 Å². The summed E-state index contributed by atoms with van der Waals surface area (Å²) in [6.45, 7) is 0. The first kappa shape index (κ1) is 9.60. The minimum absolute atomic E-state index is 0.0672. The van der Waals surface area contributed by atoms with Crippen LogP contribution in [0.4, 0.5) is 5.82 Å². The molecule has 2 aromatic rings. The largest absolute Gasteiger partial charge is 0.504 e. The van der Waals surface area contributed by atoms with E-state index in [-0.39, 0.29) is 17.5 Å². The molecule has 5 nitrogen and oxygen atoms in total. The van der Waals surface area contributed by atoms with Gasteiger partial charge in [-0.3, -0.25) is 4.79 Å². The molecule has 0 aromatic carbocycles. The van der Waals surface area contributed by atoms with Crippen LogP contribution in [0.5, 0.6) is 5.75 Å². The Labute approximate surface area is 89.4 Å². The zero-order valence-electron chi connectivity index (χ0n) is 7.54. The first-order valence-electron chi connectivity index (χ1n) is 4.12. The number of aromatic nitrogens is 2. The maximum Gasteiger partial charge on any atom is 0.285 e. The molecule has 0 saturated carbocycles. The first-order chi connectivity index (χ1) is 7.27. The van der Waals surface area contributed by atoms with Gasteiger partial charge in [0.05, 0.1) is 0 Å². The van der Waals surface area contributed by atoms with Crippen LogP contribution in [0, 0.1) is 0 Å². The molecule has 15 heavy (non-hydrogen) atoms. The molecule has 0 unspecified atom stereocenters. The number of rotatable bonds is 2. The van der Waals surface area contributed by atoms with Gasteiger partial charge < -0.3 is 10.4 Å². The fraction of sp³-hybridized carbons (Fsp3) is 0. The molecule has 76 valence electrons. The molecule has 0 saturated heterocycles. The number of nitrogens with one attached hydrogen (secondary N) is 1. The number of amides is 1. The third kappa shape index (κ3) is 2.10. The Hall–Kier alpha value is -1.95. The van der Waals surface area contributed by atoms with E-state index in [1.54, 1.807) is 11.4 Å². The van der Waals surface area contributed by atoms with Crippen LogP contribution in [0.3, 0.4) is 0 Å². The van der Waals surface area contributed by atoms with Crippen LogP contribution in [0.2, 0.25) is 0 Å². The maximum absolute atomic E-state index is 11.5. The molecule has 0 aliphatic heterocycles. The second-order valence-electron chi connectivity index (χ2n) is 2.66. The van der Waals surface area contributed by atoms with Gasteiger partial charge in [-0.15, -0.1) is 11.3 Å². The number of hydrogen-bond acceptors (Lipinski definition) is 5. The van der Waals surface area contributed by atoms with Gasteiger partial charge in [-0.25, -0.2) is 9.97 Å². The third-order valence-corrected chi connectivity index (χ3v) is 2.42. The summed E-state index contributed by atoms with van der Waals surface area (Å²) in [5.74, 6) is -0.306. The van der Waals surface area contributed by atoms with Crippen LogP contribution >= 0.6 is 11.3 Å². The van der Waals surface area contributed by atoms with Crippen molar-refractivity contribution in [2.75, 3.05) is 5.32 Å². The normalized spacial score (nSPS) is 9.87. The van der Waals surface area contributed by atoms with Gasteiger partial charge >= 0.3 is 0 Å². The Kier molecular flexibility index (Phi) is 2.59. The Morgan fingerprint density at radius 1 is 1.40 bits per heavy atom. The molecule has 0 aliphatic carbocycles. The van der Waals surface area contributed by atoms with Crippen molar-refractivity contribution in [3.8, 4) is 5.75 Å². The zero-order chi connectivity index (χ0) is 10.7. The molecule has 0 atom stereocenters. The van der Waals surface area contributed by atoms with Gasteiger partial charge in [0, 0.05) is 17.8 Å². The lowest BCUT2D eigenvalue weighted by atomic mass is 10.4. The van der Waals surface area contributed by atoms with Gasteiger partial charge in [0.1, 0.15) is 0 Å². The number of carbonyl (C=O) groups excluding carboxylic acids is 1. The number of pyridine rings is 1. The Balaban J connectivity index is 2.17.